The highest BCUT2D eigenvalue weighted by Gasteiger charge is 2.37. The Kier molecular flexibility index (Phi) is 4.28. The predicted octanol–water partition coefficient (Wildman–Crippen LogP) is 2.36. The molecule has 2 aliphatic rings. The van der Waals surface area contributed by atoms with Crippen molar-refractivity contribution in [1.29, 1.82) is 0 Å². The second kappa shape index (κ2) is 6.43. The summed E-state index contributed by atoms with van der Waals surface area (Å²) in [4.78, 5) is 21.3. The molecule has 1 N–H and O–H groups in total. The lowest BCUT2D eigenvalue weighted by atomic mass is 9.91. The zero-order valence-electron chi connectivity index (χ0n) is 13.8. The van der Waals surface area contributed by atoms with Gasteiger partial charge in [-0.2, -0.15) is 0 Å². The summed E-state index contributed by atoms with van der Waals surface area (Å²) in [7, 11) is 0. The van der Waals surface area contributed by atoms with Crippen LogP contribution in [0.25, 0.3) is 10.2 Å². The van der Waals surface area contributed by atoms with Crippen molar-refractivity contribution in [2.75, 3.05) is 32.7 Å². The standard InChI is InChI=1S/C18H23N3O2S/c22-17(14-4-5-15-16(10-14)24-13-19-15)21-9-3-6-18(23,12-21)11-20-7-1-2-8-20/h4-5,10,13,23H,1-3,6-9,11-12H2. The first-order valence-electron chi connectivity index (χ1n) is 8.70. The normalized spacial score (nSPS) is 25.5. The third-order valence-corrected chi connectivity index (χ3v) is 5.93. The van der Waals surface area contributed by atoms with Crippen LogP contribution < -0.4 is 0 Å². The minimum Gasteiger partial charge on any atom is -0.387 e. The SMILES string of the molecule is O=C(c1ccc2ncsc2c1)N1CCCC(O)(CN2CCCC2)C1. The lowest BCUT2D eigenvalue weighted by molar-refractivity contribution is -0.0431. The van der Waals surface area contributed by atoms with Gasteiger partial charge >= 0.3 is 0 Å². The molecular formula is C18H23N3O2S. The predicted molar refractivity (Wildman–Crippen MR) is 95.4 cm³/mol. The van der Waals surface area contributed by atoms with Gasteiger partial charge in [0.2, 0.25) is 0 Å². The molecule has 3 heterocycles. The number of aliphatic hydroxyl groups is 1. The molecular weight excluding hydrogens is 322 g/mol. The first-order chi connectivity index (χ1) is 11.6. The Bertz CT molecular complexity index is 741. The number of rotatable bonds is 3. The highest BCUT2D eigenvalue weighted by Crippen LogP contribution is 2.26. The molecule has 1 atom stereocenters. The number of β-amino-alcohol motifs (C(OH)–C–C–N with tert-alkyl or cyclic N) is 1. The smallest absolute Gasteiger partial charge is 0.254 e. The van der Waals surface area contributed by atoms with Crippen LogP contribution in [-0.4, -0.2) is 64.1 Å². The fourth-order valence-electron chi connectivity index (χ4n) is 3.94. The molecule has 24 heavy (non-hydrogen) atoms. The van der Waals surface area contributed by atoms with Crippen LogP contribution in [0.5, 0.6) is 0 Å². The maximum Gasteiger partial charge on any atom is 0.254 e. The van der Waals surface area contributed by atoms with Crippen LogP contribution in [0.15, 0.2) is 23.7 Å². The van der Waals surface area contributed by atoms with Gasteiger partial charge in [0.05, 0.1) is 27.9 Å². The van der Waals surface area contributed by atoms with Crippen molar-refractivity contribution in [3.8, 4) is 0 Å². The van der Waals surface area contributed by atoms with Crippen molar-refractivity contribution in [1.82, 2.24) is 14.8 Å². The van der Waals surface area contributed by atoms with Crippen molar-refractivity contribution >= 4 is 27.5 Å². The van der Waals surface area contributed by atoms with Crippen LogP contribution in [-0.2, 0) is 0 Å². The van der Waals surface area contributed by atoms with E-state index < -0.39 is 5.60 Å². The molecule has 2 aliphatic heterocycles. The van der Waals surface area contributed by atoms with Gasteiger partial charge in [-0.15, -0.1) is 11.3 Å². The van der Waals surface area contributed by atoms with E-state index in [9.17, 15) is 9.90 Å². The lowest BCUT2D eigenvalue weighted by Crippen LogP contribution is -2.55. The maximum atomic E-state index is 12.9. The number of nitrogens with zero attached hydrogens (tertiary/aromatic N) is 3. The average molecular weight is 345 g/mol. The second-order valence-electron chi connectivity index (χ2n) is 7.07. The van der Waals surface area contributed by atoms with E-state index in [1.165, 1.54) is 12.8 Å². The third kappa shape index (κ3) is 3.18. The molecule has 0 radical (unpaired) electrons. The van der Waals surface area contributed by atoms with Gasteiger partial charge in [0, 0.05) is 18.7 Å². The Hall–Kier alpha value is -1.50. The third-order valence-electron chi connectivity index (χ3n) is 5.14. The molecule has 1 aromatic carbocycles. The summed E-state index contributed by atoms with van der Waals surface area (Å²) >= 11 is 1.55. The Labute approximate surface area is 145 Å². The summed E-state index contributed by atoms with van der Waals surface area (Å²) in [5, 5.41) is 11.0. The number of piperidine rings is 1. The molecule has 0 saturated carbocycles. The van der Waals surface area contributed by atoms with E-state index in [1.807, 2.05) is 23.1 Å². The van der Waals surface area contributed by atoms with Crippen molar-refractivity contribution in [2.24, 2.45) is 0 Å². The summed E-state index contributed by atoms with van der Waals surface area (Å²) in [6.07, 6.45) is 4.07. The maximum absolute atomic E-state index is 12.9. The fourth-order valence-corrected chi connectivity index (χ4v) is 4.66. The molecule has 4 rings (SSSR count). The van der Waals surface area contributed by atoms with Gasteiger partial charge in [-0.25, -0.2) is 4.98 Å². The van der Waals surface area contributed by atoms with E-state index in [0.717, 1.165) is 42.7 Å². The number of carbonyl (C=O) groups excluding carboxylic acids is 1. The Morgan fingerprint density at radius 2 is 2.08 bits per heavy atom. The first kappa shape index (κ1) is 16.0. The van der Waals surface area contributed by atoms with Gasteiger partial charge in [0.25, 0.3) is 5.91 Å². The number of amides is 1. The second-order valence-corrected chi connectivity index (χ2v) is 7.96. The van der Waals surface area contributed by atoms with Gasteiger partial charge in [0.15, 0.2) is 0 Å². The van der Waals surface area contributed by atoms with Gasteiger partial charge in [-0.3, -0.25) is 4.79 Å². The molecule has 0 bridgehead atoms. The zero-order valence-corrected chi connectivity index (χ0v) is 14.6. The number of hydrogen-bond acceptors (Lipinski definition) is 5. The minimum absolute atomic E-state index is 0.0184. The topological polar surface area (TPSA) is 56.7 Å². The number of hydrogen-bond donors (Lipinski definition) is 1. The van der Waals surface area contributed by atoms with E-state index in [2.05, 4.69) is 9.88 Å². The van der Waals surface area contributed by atoms with Crippen LogP contribution in [0.3, 0.4) is 0 Å². The minimum atomic E-state index is -0.771. The monoisotopic (exact) mass is 345 g/mol. The van der Waals surface area contributed by atoms with Crippen molar-refractivity contribution in [3.63, 3.8) is 0 Å². The summed E-state index contributed by atoms with van der Waals surface area (Å²) in [6.45, 7) is 3.98. The summed E-state index contributed by atoms with van der Waals surface area (Å²) in [6, 6.07) is 5.67. The number of carbonyl (C=O) groups is 1. The molecule has 0 spiro atoms. The van der Waals surface area contributed by atoms with Crippen LogP contribution in [0.2, 0.25) is 0 Å². The molecule has 128 valence electrons. The van der Waals surface area contributed by atoms with Crippen LogP contribution in [0, 0.1) is 0 Å². The van der Waals surface area contributed by atoms with Crippen molar-refractivity contribution in [2.45, 2.75) is 31.3 Å². The van der Waals surface area contributed by atoms with Crippen molar-refractivity contribution in [3.05, 3.63) is 29.3 Å². The number of thiazole rings is 1. The Morgan fingerprint density at radius 3 is 2.92 bits per heavy atom. The van der Waals surface area contributed by atoms with Crippen LogP contribution in [0.4, 0.5) is 0 Å². The molecule has 5 nitrogen and oxygen atoms in total. The molecule has 2 aromatic rings. The highest BCUT2D eigenvalue weighted by atomic mass is 32.1. The summed E-state index contributed by atoms with van der Waals surface area (Å²) in [5.74, 6) is 0.0184. The Morgan fingerprint density at radius 1 is 1.25 bits per heavy atom. The van der Waals surface area contributed by atoms with E-state index in [1.54, 1.807) is 16.8 Å². The van der Waals surface area contributed by atoms with Gasteiger partial charge in [-0.1, -0.05) is 0 Å². The first-order valence-corrected chi connectivity index (χ1v) is 9.58. The van der Waals surface area contributed by atoms with E-state index >= 15 is 0 Å². The Balaban J connectivity index is 1.49. The molecule has 0 aliphatic carbocycles. The molecule has 1 amide bonds. The largest absolute Gasteiger partial charge is 0.387 e. The van der Waals surface area contributed by atoms with E-state index in [0.29, 0.717) is 18.7 Å². The zero-order chi connectivity index (χ0) is 16.6. The number of aromatic nitrogens is 1. The van der Waals surface area contributed by atoms with Crippen molar-refractivity contribution < 1.29 is 9.90 Å². The van der Waals surface area contributed by atoms with Gasteiger partial charge in [-0.05, 0) is 57.0 Å². The number of fused-ring (bicyclic) bond motifs is 1. The molecule has 1 aromatic heterocycles. The van der Waals surface area contributed by atoms with Crippen LogP contribution in [0.1, 0.15) is 36.0 Å². The molecule has 6 heteroatoms. The average Bonchev–Trinajstić information content (AvgIpc) is 3.24. The summed E-state index contributed by atoms with van der Waals surface area (Å²) < 4.78 is 1.03. The molecule has 2 fully saturated rings. The highest BCUT2D eigenvalue weighted by molar-refractivity contribution is 7.16. The number of likely N-dealkylation sites (tertiary alicyclic amines) is 2. The number of benzene rings is 1. The van der Waals surface area contributed by atoms with Gasteiger partial charge < -0.3 is 14.9 Å². The molecule has 2 saturated heterocycles. The van der Waals surface area contributed by atoms with E-state index in [4.69, 9.17) is 0 Å². The molecule has 1 unspecified atom stereocenters. The fraction of sp³-hybridized carbons (Fsp3) is 0.556. The van der Waals surface area contributed by atoms with Crippen LogP contribution >= 0.6 is 11.3 Å². The van der Waals surface area contributed by atoms with Gasteiger partial charge in [0.1, 0.15) is 0 Å². The quantitative estimate of drug-likeness (QED) is 0.928. The van der Waals surface area contributed by atoms with E-state index in [-0.39, 0.29) is 5.91 Å². The lowest BCUT2D eigenvalue weighted by Gasteiger charge is -2.41. The summed E-state index contributed by atoms with van der Waals surface area (Å²) in [5.41, 5.74) is 2.65.